The Kier molecular flexibility index (Phi) is 11.6. The first-order valence-electron chi connectivity index (χ1n) is 5.18. The van der Waals surface area contributed by atoms with Gasteiger partial charge in [0.25, 0.3) is 0 Å². The molecule has 0 spiro atoms. The smallest absolute Gasteiger partial charge is 0.246 e. The number of amides is 1. The van der Waals surface area contributed by atoms with Gasteiger partial charge < -0.3 is 15.4 Å². The number of hydrogen-bond donors (Lipinski definition) is 2. The maximum absolute atomic E-state index is 11.2. The van der Waals surface area contributed by atoms with Crippen molar-refractivity contribution in [2.75, 3.05) is 19.7 Å². The minimum Gasteiger partial charge on any atom is -0.369 e. The fourth-order valence-corrected chi connectivity index (χ4v) is 0.981. The number of hydrogen-bond acceptors (Lipinski definition) is 3. The fourth-order valence-electron chi connectivity index (χ4n) is 0.981. The Balaban J connectivity index is 0. The number of carbonyl (C=O) groups excluding carboxylic acids is 1. The van der Waals surface area contributed by atoms with Crippen molar-refractivity contribution in [2.24, 2.45) is 0 Å². The maximum Gasteiger partial charge on any atom is 0.246 e. The molecule has 0 saturated heterocycles. The van der Waals surface area contributed by atoms with E-state index in [-0.39, 0.29) is 31.0 Å². The van der Waals surface area contributed by atoms with Crippen molar-refractivity contribution in [2.45, 2.75) is 39.8 Å². The summed E-state index contributed by atoms with van der Waals surface area (Å²) in [5, 5.41) is 6.01. The van der Waals surface area contributed by atoms with Gasteiger partial charge in [-0.05, 0) is 27.3 Å². The van der Waals surface area contributed by atoms with E-state index in [9.17, 15) is 4.79 Å². The second-order valence-electron chi connectivity index (χ2n) is 3.62. The zero-order valence-corrected chi connectivity index (χ0v) is 10.8. The molecule has 1 amide bonds. The van der Waals surface area contributed by atoms with E-state index in [1.807, 2.05) is 27.7 Å². The average molecular weight is 239 g/mol. The number of halogens is 1. The molecule has 0 fully saturated rings. The maximum atomic E-state index is 11.2. The van der Waals surface area contributed by atoms with Gasteiger partial charge in [0.05, 0.1) is 6.10 Å². The van der Waals surface area contributed by atoms with Gasteiger partial charge in [-0.15, -0.1) is 12.4 Å². The highest BCUT2D eigenvalue weighted by molar-refractivity contribution is 5.85. The Labute approximate surface area is 98.6 Å². The lowest BCUT2D eigenvalue weighted by Gasteiger charge is -2.13. The lowest BCUT2D eigenvalue weighted by Crippen LogP contribution is -2.40. The van der Waals surface area contributed by atoms with Gasteiger partial charge >= 0.3 is 0 Å². The van der Waals surface area contributed by atoms with Crippen LogP contribution >= 0.6 is 12.4 Å². The molecule has 0 aromatic rings. The lowest BCUT2D eigenvalue weighted by molar-refractivity contribution is -0.127. The van der Waals surface area contributed by atoms with Gasteiger partial charge in [-0.1, -0.05) is 6.92 Å². The number of likely N-dealkylation sites (N-methyl/N-ethyl adjacent to an activating group) is 1. The molecule has 15 heavy (non-hydrogen) atoms. The average Bonchev–Trinajstić information content (AvgIpc) is 2.12. The quantitative estimate of drug-likeness (QED) is 0.695. The monoisotopic (exact) mass is 238 g/mol. The molecule has 0 rings (SSSR count). The Morgan fingerprint density at radius 2 is 1.93 bits per heavy atom. The zero-order chi connectivity index (χ0) is 11.0. The Bertz CT molecular complexity index is 166. The van der Waals surface area contributed by atoms with E-state index in [2.05, 4.69) is 10.6 Å². The molecule has 4 nitrogen and oxygen atoms in total. The number of rotatable bonds is 7. The fraction of sp³-hybridized carbons (Fsp3) is 0.900. The summed E-state index contributed by atoms with van der Waals surface area (Å²) in [5.41, 5.74) is 0. The molecule has 0 aliphatic rings. The highest BCUT2D eigenvalue weighted by atomic mass is 35.5. The van der Waals surface area contributed by atoms with Gasteiger partial charge in [-0.3, -0.25) is 4.79 Å². The number of ether oxygens (including phenoxy) is 1. The molecule has 2 N–H and O–H groups in total. The van der Waals surface area contributed by atoms with Crippen molar-refractivity contribution in [3.8, 4) is 0 Å². The molecule has 0 saturated carbocycles. The summed E-state index contributed by atoms with van der Waals surface area (Å²) in [5.74, 6) is -0.0524. The van der Waals surface area contributed by atoms with Crippen molar-refractivity contribution in [1.82, 2.24) is 10.6 Å². The van der Waals surface area contributed by atoms with Gasteiger partial charge in [-0.2, -0.15) is 0 Å². The second-order valence-corrected chi connectivity index (χ2v) is 3.62. The van der Waals surface area contributed by atoms with Gasteiger partial charge in [-0.25, -0.2) is 0 Å². The standard InChI is InChI=1S/C10H22N2O2.ClH/c1-5-11-9(4)6-12-10(13)7-14-8(2)3;/h8-9,11H,5-7H2,1-4H3,(H,12,13);1H/t9-;/m1./s1. The molecular formula is C10H23ClN2O2. The van der Waals surface area contributed by atoms with Crippen LogP contribution in [-0.4, -0.2) is 37.7 Å². The van der Waals surface area contributed by atoms with Crippen molar-refractivity contribution in [3.63, 3.8) is 0 Å². The minimum atomic E-state index is -0.0524. The summed E-state index contributed by atoms with van der Waals surface area (Å²) in [4.78, 5) is 11.2. The number of carbonyl (C=O) groups is 1. The van der Waals surface area contributed by atoms with Crippen LogP contribution in [-0.2, 0) is 9.53 Å². The SMILES string of the molecule is CCN[C@H](C)CNC(=O)COC(C)C.Cl. The topological polar surface area (TPSA) is 50.4 Å². The zero-order valence-electron chi connectivity index (χ0n) is 10.0. The molecule has 5 heteroatoms. The van der Waals surface area contributed by atoms with Crippen LogP contribution in [0.25, 0.3) is 0 Å². The summed E-state index contributed by atoms with van der Waals surface area (Å²) in [6.07, 6.45) is 0.104. The highest BCUT2D eigenvalue weighted by Gasteiger charge is 2.04. The first-order chi connectivity index (χ1) is 6.56. The summed E-state index contributed by atoms with van der Waals surface area (Å²) in [6.45, 7) is 9.61. The Morgan fingerprint density at radius 3 is 2.40 bits per heavy atom. The summed E-state index contributed by atoms with van der Waals surface area (Å²) < 4.78 is 5.16. The van der Waals surface area contributed by atoms with Gasteiger partial charge in [0.1, 0.15) is 6.61 Å². The van der Waals surface area contributed by atoms with E-state index in [0.29, 0.717) is 12.6 Å². The molecule has 0 unspecified atom stereocenters. The first kappa shape index (κ1) is 17.1. The van der Waals surface area contributed by atoms with E-state index in [0.717, 1.165) is 6.54 Å². The largest absolute Gasteiger partial charge is 0.369 e. The predicted octanol–water partition coefficient (Wildman–Crippen LogP) is 0.947. The predicted molar refractivity (Wildman–Crippen MR) is 64.5 cm³/mol. The summed E-state index contributed by atoms with van der Waals surface area (Å²) >= 11 is 0. The third kappa shape index (κ3) is 11.6. The van der Waals surface area contributed by atoms with Crippen LogP contribution in [0.15, 0.2) is 0 Å². The molecule has 0 aliphatic carbocycles. The molecule has 0 radical (unpaired) electrons. The van der Waals surface area contributed by atoms with Gasteiger partial charge in [0.2, 0.25) is 5.91 Å². The van der Waals surface area contributed by atoms with Crippen LogP contribution in [0, 0.1) is 0 Å². The Hall–Kier alpha value is -0.320. The first-order valence-corrected chi connectivity index (χ1v) is 5.18. The minimum absolute atomic E-state index is 0. The van der Waals surface area contributed by atoms with Crippen LogP contribution in [0.5, 0.6) is 0 Å². The third-order valence-corrected chi connectivity index (χ3v) is 1.71. The van der Waals surface area contributed by atoms with E-state index < -0.39 is 0 Å². The number of nitrogens with one attached hydrogen (secondary N) is 2. The molecule has 0 heterocycles. The second kappa shape index (κ2) is 10.2. The normalized spacial score (nSPS) is 12.1. The van der Waals surface area contributed by atoms with Gasteiger partial charge in [0, 0.05) is 12.6 Å². The van der Waals surface area contributed by atoms with E-state index >= 15 is 0 Å². The van der Waals surface area contributed by atoms with E-state index in [4.69, 9.17) is 4.74 Å². The molecule has 0 aliphatic heterocycles. The summed E-state index contributed by atoms with van der Waals surface area (Å²) in [6, 6.07) is 0.308. The van der Waals surface area contributed by atoms with Crippen LogP contribution in [0.2, 0.25) is 0 Å². The lowest BCUT2D eigenvalue weighted by atomic mass is 10.3. The highest BCUT2D eigenvalue weighted by Crippen LogP contribution is 1.86. The third-order valence-electron chi connectivity index (χ3n) is 1.71. The van der Waals surface area contributed by atoms with Crippen molar-refractivity contribution in [3.05, 3.63) is 0 Å². The van der Waals surface area contributed by atoms with Crippen LogP contribution in [0.1, 0.15) is 27.7 Å². The van der Waals surface area contributed by atoms with Crippen LogP contribution in [0.3, 0.4) is 0 Å². The van der Waals surface area contributed by atoms with Gasteiger partial charge in [0.15, 0.2) is 0 Å². The van der Waals surface area contributed by atoms with Crippen molar-refractivity contribution < 1.29 is 9.53 Å². The van der Waals surface area contributed by atoms with Crippen LogP contribution < -0.4 is 10.6 Å². The molecule has 92 valence electrons. The molecule has 0 aromatic carbocycles. The van der Waals surface area contributed by atoms with E-state index in [1.165, 1.54) is 0 Å². The molecular weight excluding hydrogens is 216 g/mol. The summed E-state index contributed by atoms with van der Waals surface area (Å²) in [7, 11) is 0. The van der Waals surface area contributed by atoms with Crippen molar-refractivity contribution >= 4 is 18.3 Å². The van der Waals surface area contributed by atoms with E-state index in [1.54, 1.807) is 0 Å². The molecule has 1 atom stereocenters. The molecule has 0 bridgehead atoms. The Morgan fingerprint density at radius 1 is 1.33 bits per heavy atom. The van der Waals surface area contributed by atoms with Crippen LogP contribution in [0.4, 0.5) is 0 Å². The van der Waals surface area contributed by atoms with Crippen molar-refractivity contribution in [1.29, 1.82) is 0 Å². The molecule has 0 aromatic heterocycles.